The Hall–Kier alpha value is -2.96. The van der Waals surface area contributed by atoms with Crippen molar-refractivity contribution in [2.75, 3.05) is 6.54 Å². The first-order valence-corrected chi connectivity index (χ1v) is 11.2. The Kier molecular flexibility index (Phi) is 7.60. The minimum absolute atomic E-state index is 0.0530. The maximum absolute atomic E-state index is 12.8. The lowest BCUT2D eigenvalue weighted by molar-refractivity contribution is 0.0945. The highest BCUT2D eigenvalue weighted by Gasteiger charge is 2.18. The van der Waals surface area contributed by atoms with Gasteiger partial charge < -0.3 is 9.73 Å². The summed E-state index contributed by atoms with van der Waals surface area (Å²) in [5.41, 5.74) is 3.09. The molecule has 0 aliphatic heterocycles. The maximum Gasteiger partial charge on any atom is 0.268 e. The second-order valence-electron chi connectivity index (χ2n) is 8.32. The molecule has 0 saturated carbocycles. The zero-order valence-electron chi connectivity index (χ0n) is 19.2. The summed E-state index contributed by atoms with van der Waals surface area (Å²) in [5.74, 6) is 1.59. The first kappa shape index (κ1) is 22.7. The van der Waals surface area contributed by atoms with Crippen molar-refractivity contribution in [3.05, 3.63) is 47.5 Å². The largest absolute Gasteiger partial charge is 0.420 e. The van der Waals surface area contributed by atoms with Gasteiger partial charge in [-0.25, -0.2) is 4.68 Å². The van der Waals surface area contributed by atoms with Gasteiger partial charge in [-0.05, 0) is 42.5 Å². The summed E-state index contributed by atoms with van der Waals surface area (Å²) in [4.78, 5) is 12.8. The molecule has 0 radical (unpaired) electrons. The molecule has 0 aliphatic rings. The van der Waals surface area contributed by atoms with E-state index < -0.39 is 0 Å². The van der Waals surface area contributed by atoms with Crippen molar-refractivity contribution >= 4 is 5.91 Å². The third kappa shape index (κ3) is 5.60. The van der Waals surface area contributed by atoms with Crippen LogP contribution in [-0.2, 0) is 0 Å². The molecule has 0 aliphatic carbocycles. The summed E-state index contributed by atoms with van der Waals surface area (Å²) in [6.07, 6.45) is 4.60. The molecular formula is C24H33N5O2. The third-order valence-electron chi connectivity index (χ3n) is 5.52. The fourth-order valence-electron chi connectivity index (χ4n) is 3.58. The molecule has 0 spiro atoms. The fraction of sp³-hybridized carbons (Fsp3) is 0.500. The fourth-order valence-corrected chi connectivity index (χ4v) is 3.58. The Morgan fingerprint density at radius 1 is 1.19 bits per heavy atom. The highest BCUT2D eigenvalue weighted by Crippen LogP contribution is 2.26. The van der Waals surface area contributed by atoms with Crippen LogP contribution in [0.5, 0.6) is 0 Å². The van der Waals surface area contributed by atoms with E-state index in [9.17, 15) is 4.79 Å². The van der Waals surface area contributed by atoms with E-state index in [1.807, 2.05) is 35.0 Å². The van der Waals surface area contributed by atoms with Crippen LogP contribution >= 0.6 is 0 Å². The van der Waals surface area contributed by atoms with E-state index in [0.29, 0.717) is 35.5 Å². The number of carbonyl (C=O) groups is 1. The summed E-state index contributed by atoms with van der Waals surface area (Å²) < 4.78 is 7.40. The van der Waals surface area contributed by atoms with Gasteiger partial charge in [0.15, 0.2) is 0 Å². The molecule has 0 fully saturated rings. The van der Waals surface area contributed by atoms with E-state index >= 15 is 0 Å². The highest BCUT2D eigenvalue weighted by atomic mass is 16.4. The van der Waals surface area contributed by atoms with Crippen LogP contribution in [0.2, 0.25) is 0 Å². The molecule has 1 aromatic carbocycles. The molecule has 3 rings (SSSR count). The molecule has 3 aromatic rings. The third-order valence-corrected chi connectivity index (χ3v) is 5.52. The van der Waals surface area contributed by atoms with Crippen molar-refractivity contribution in [2.24, 2.45) is 5.92 Å². The van der Waals surface area contributed by atoms with Gasteiger partial charge in [0.25, 0.3) is 11.8 Å². The van der Waals surface area contributed by atoms with Crippen molar-refractivity contribution in [1.29, 1.82) is 0 Å². The number of carbonyl (C=O) groups excluding carboxylic acids is 1. The van der Waals surface area contributed by atoms with Gasteiger partial charge in [0.05, 0.1) is 5.69 Å². The lowest BCUT2D eigenvalue weighted by Gasteiger charge is -2.16. The Balaban J connectivity index is 1.82. The van der Waals surface area contributed by atoms with Crippen LogP contribution in [0.3, 0.4) is 0 Å². The number of hydrogen-bond acceptors (Lipinski definition) is 5. The maximum atomic E-state index is 12.8. The molecule has 0 bridgehead atoms. The number of nitrogens with one attached hydrogen (secondary N) is 1. The van der Waals surface area contributed by atoms with E-state index in [-0.39, 0.29) is 11.8 Å². The number of nitrogens with zero attached hydrogens (tertiary/aromatic N) is 4. The molecule has 2 aromatic heterocycles. The van der Waals surface area contributed by atoms with Gasteiger partial charge >= 0.3 is 0 Å². The van der Waals surface area contributed by atoms with Crippen LogP contribution in [0.25, 0.3) is 17.3 Å². The molecule has 1 amide bonds. The number of aryl methyl sites for hydroxylation is 1. The molecule has 166 valence electrons. The van der Waals surface area contributed by atoms with Crippen LogP contribution < -0.4 is 5.32 Å². The van der Waals surface area contributed by atoms with Crippen molar-refractivity contribution in [1.82, 2.24) is 25.3 Å². The van der Waals surface area contributed by atoms with Crippen molar-refractivity contribution in [2.45, 2.75) is 66.2 Å². The Morgan fingerprint density at radius 2 is 2.00 bits per heavy atom. The van der Waals surface area contributed by atoms with E-state index in [4.69, 9.17) is 9.52 Å². The minimum Gasteiger partial charge on any atom is -0.420 e. The van der Waals surface area contributed by atoms with Gasteiger partial charge in [-0.2, -0.15) is 5.10 Å². The van der Waals surface area contributed by atoms with Gasteiger partial charge in [0.1, 0.15) is 5.69 Å². The zero-order valence-corrected chi connectivity index (χ0v) is 19.2. The Bertz CT molecular complexity index is 1010. The number of amides is 1. The summed E-state index contributed by atoms with van der Waals surface area (Å²) in [5, 5.41) is 15.8. The lowest BCUT2D eigenvalue weighted by atomic mass is 9.99. The van der Waals surface area contributed by atoms with Gasteiger partial charge in [-0.3, -0.25) is 4.79 Å². The van der Waals surface area contributed by atoms with Crippen molar-refractivity contribution in [3.63, 3.8) is 0 Å². The predicted octanol–water partition coefficient (Wildman–Crippen LogP) is 5.30. The summed E-state index contributed by atoms with van der Waals surface area (Å²) in [6.45, 7) is 11.1. The Labute approximate surface area is 184 Å². The van der Waals surface area contributed by atoms with Crippen LogP contribution in [0.4, 0.5) is 0 Å². The summed E-state index contributed by atoms with van der Waals surface area (Å²) in [7, 11) is 0. The first-order chi connectivity index (χ1) is 14.9. The molecule has 0 unspecified atom stereocenters. The number of benzene rings is 1. The molecule has 7 heteroatoms. The SMILES string of the molecule is CCCC[C@H](CC)CNC(=O)c1cccc(-n2nc(-c3nnc(C)o3)cc2C(C)C)c1. The average Bonchev–Trinajstić information content (AvgIpc) is 3.40. The van der Waals surface area contributed by atoms with Gasteiger partial charge in [0, 0.05) is 24.7 Å². The van der Waals surface area contributed by atoms with E-state index in [0.717, 1.165) is 24.2 Å². The quantitative estimate of drug-likeness (QED) is 0.478. The topological polar surface area (TPSA) is 85.8 Å². The highest BCUT2D eigenvalue weighted by molar-refractivity contribution is 5.94. The number of unbranched alkanes of at least 4 members (excludes halogenated alkanes) is 1. The minimum atomic E-state index is -0.0530. The van der Waals surface area contributed by atoms with Gasteiger partial charge in [0.2, 0.25) is 5.89 Å². The number of aromatic nitrogens is 4. The number of rotatable bonds is 10. The van der Waals surface area contributed by atoms with Crippen LogP contribution in [-0.4, -0.2) is 32.4 Å². The van der Waals surface area contributed by atoms with Gasteiger partial charge in [-0.15, -0.1) is 10.2 Å². The zero-order chi connectivity index (χ0) is 22.4. The molecule has 2 heterocycles. The smallest absolute Gasteiger partial charge is 0.268 e. The van der Waals surface area contributed by atoms with Crippen LogP contribution in [0, 0.1) is 12.8 Å². The average molecular weight is 424 g/mol. The van der Waals surface area contributed by atoms with E-state index in [1.165, 1.54) is 12.8 Å². The second-order valence-corrected chi connectivity index (χ2v) is 8.32. The summed E-state index contributed by atoms with van der Waals surface area (Å²) in [6, 6.07) is 9.52. The molecule has 1 atom stereocenters. The molecule has 0 saturated heterocycles. The first-order valence-electron chi connectivity index (χ1n) is 11.2. The predicted molar refractivity (Wildman–Crippen MR) is 121 cm³/mol. The molecule has 7 nitrogen and oxygen atoms in total. The van der Waals surface area contributed by atoms with Crippen molar-refractivity contribution in [3.8, 4) is 17.3 Å². The number of hydrogen-bond donors (Lipinski definition) is 1. The normalized spacial score (nSPS) is 12.3. The van der Waals surface area contributed by atoms with Crippen LogP contribution in [0.1, 0.15) is 81.2 Å². The lowest BCUT2D eigenvalue weighted by Crippen LogP contribution is -2.29. The molecule has 31 heavy (non-hydrogen) atoms. The van der Waals surface area contributed by atoms with Crippen LogP contribution in [0.15, 0.2) is 34.7 Å². The Morgan fingerprint density at radius 3 is 2.65 bits per heavy atom. The van der Waals surface area contributed by atoms with E-state index in [1.54, 1.807) is 6.92 Å². The summed E-state index contributed by atoms with van der Waals surface area (Å²) >= 11 is 0. The molecular weight excluding hydrogens is 390 g/mol. The standard InChI is InChI=1S/C24H33N5O2/c1-6-8-10-18(7-2)15-25-23(30)19-11-9-12-20(13-19)29-22(16(3)4)14-21(28-29)24-27-26-17(5)31-24/h9,11-14,16,18H,6-8,10,15H2,1-5H3,(H,25,30)/t18-/m0/s1. The second kappa shape index (κ2) is 10.4. The molecule has 1 N–H and O–H groups in total. The monoisotopic (exact) mass is 423 g/mol. The van der Waals surface area contributed by atoms with E-state index in [2.05, 4.69) is 43.2 Å². The van der Waals surface area contributed by atoms with Gasteiger partial charge in [-0.1, -0.05) is 53.0 Å². The van der Waals surface area contributed by atoms with Crippen molar-refractivity contribution < 1.29 is 9.21 Å².